The molecule has 9 nitrogen and oxygen atoms in total. The minimum Gasteiger partial charge on any atom is -0.367 e. The van der Waals surface area contributed by atoms with E-state index in [-0.39, 0.29) is 36.8 Å². The Morgan fingerprint density at radius 2 is 1.83 bits per heavy atom. The lowest BCUT2D eigenvalue weighted by molar-refractivity contribution is -0.136. The highest BCUT2D eigenvalue weighted by atomic mass is 19.1. The zero-order chi connectivity index (χ0) is 24.8. The lowest BCUT2D eigenvalue weighted by atomic mass is 10.0. The first-order valence-electron chi connectivity index (χ1n) is 12.1. The molecule has 1 N–H and O–H groups in total. The van der Waals surface area contributed by atoms with Gasteiger partial charge in [0.15, 0.2) is 0 Å². The zero-order valence-corrected chi connectivity index (χ0v) is 19.6. The molecular formula is C26H25FN6O3. The smallest absolute Gasteiger partial charge is 0.255 e. The number of amides is 3. The monoisotopic (exact) mass is 488 g/mol. The SMILES string of the molecule is O=C1CCC(N2Cc3cc(N4CCN(Cc5cccc6nccnc56)CC4)c(F)cc3C2=O)C(=O)N1. The Labute approximate surface area is 206 Å². The van der Waals surface area contributed by atoms with Gasteiger partial charge in [-0.2, -0.15) is 0 Å². The molecule has 1 atom stereocenters. The standard InChI is InChI=1S/C26H25FN6O3/c27-19-13-18-17(15-33(26(18)36)21-4-5-23(34)30-25(21)35)12-22(19)32-10-8-31(9-11-32)14-16-2-1-3-20-24(16)29-7-6-28-20/h1-3,6-7,12-13,21H,4-5,8-11,14-15H2,(H,30,34,35). The highest BCUT2D eigenvalue weighted by molar-refractivity contribution is 6.05. The normalized spacial score (nSPS) is 20.7. The average molecular weight is 489 g/mol. The van der Waals surface area contributed by atoms with Gasteiger partial charge in [0.25, 0.3) is 5.91 Å². The number of anilines is 1. The minimum atomic E-state index is -0.712. The van der Waals surface area contributed by atoms with Crippen molar-refractivity contribution in [3.05, 3.63) is 65.2 Å². The number of hydrogen-bond acceptors (Lipinski definition) is 7. The Morgan fingerprint density at radius 1 is 1.03 bits per heavy atom. The van der Waals surface area contributed by atoms with Gasteiger partial charge in [-0.3, -0.25) is 34.6 Å². The highest BCUT2D eigenvalue weighted by Crippen LogP contribution is 2.33. The number of aromatic nitrogens is 2. The number of piperazine rings is 1. The van der Waals surface area contributed by atoms with E-state index in [4.69, 9.17) is 0 Å². The molecule has 184 valence electrons. The second-order valence-corrected chi connectivity index (χ2v) is 9.47. The molecule has 2 aromatic carbocycles. The molecule has 4 heterocycles. The summed E-state index contributed by atoms with van der Waals surface area (Å²) in [6.45, 7) is 3.79. The van der Waals surface area contributed by atoms with Crippen molar-refractivity contribution in [3.63, 3.8) is 0 Å². The van der Waals surface area contributed by atoms with E-state index in [1.807, 2.05) is 17.0 Å². The summed E-state index contributed by atoms with van der Waals surface area (Å²) in [6.07, 6.45) is 3.86. The summed E-state index contributed by atoms with van der Waals surface area (Å²) in [4.78, 5) is 51.3. The molecule has 0 radical (unpaired) electrons. The molecule has 1 aromatic heterocycles. The van der Waals surface area contributed by atoms with Gasteiger partial charge >= 0.3 is 0 Å². The Hall–Kier alpha value is -3.92. The highest BCUT2D eigenvalue weighted by Gasteiger charge is 2.40. The number of imide groups is 1. The molecule has 0 spiro atoms. The molecule has 3 aromatic rings. The number of carbonyl (C=O) groups is 3. The molecule has 3 amide bonds. The van der Waals surface area contributed by atoms with Gasteiger partial charge in [-0.1, -0.05) is 12.1 Å². The molecular weight excluding hydrogens is 463 g/mol. The molecule has 2 fully saturated rings. The van der Waals surface area contributed by atoms with Gasteiger partial charge in [-0.25, -0.2) is 4.39 Å². The number of nitrogens with one attached hydrogen (secondary N) is 1. The Morgan fingerprint density at radius 3 is 2.64 bits per heavy atom. The second kappa shape index (κ2) is 8.94. The molecule has 0 aliphatic carbocycles. The van der Waals surface area contributed by atoms with E-state index in [1.165, 1.54) is 11.0 Å². The summed E-state index contributed by atoms with van der Waals surface area (Å²) in [5.41, 5.74) is 4.36. The maximum atomic E-state index is 15.2. The van der Waals surface area contributed by atoms with Crippen LogP contribution in [0.3, 0.4) is 0 Å². The van der Waals surface area contributed by atoms with Crippen LogP contribution >= 0.6 is 0 Å². The van der Waals surface area contributed by atoms with Crippen LogP contribution in [0.1, 0.15) is 34.3 Å². The lowest BCUT2D eigenvalue weighted by Gasteiger charge is -2.36. The summed E-state index contributed by atoms with van der Waals surface area (Å²) in [6, 6.07) is 8.32. The van der Waals surface area contributed by atoms with E-state index in [2.05, 4.69) is 26.3 Å². The van der Waals surface area contributed by atoms with Gasteiger partial charge < -0.3 is 9.80 Å². The van der Waals surface area contributed by atoms with Gasteiger partial charge in [0.2, 0.25) is 11.8 Å². The fraction of sp³-hybridized carbons (Fsp3) is 0.346. The number of hydrogen-bond donors (Lipinski definition) is 1. The lowest BCUT2D eigenvalue weighted by Crippen LogP contribution is -2.52. The molecule has 0 saturated carbocycles. The second-order valence-electron chi connectivity index (χ2n) is 9.47. The quantitative estimate of drug-likeness (QED) is 0.560. The number of halogens is 1. The molecule has 10 heteroatoms. The van der Waals surface area contributed by atoms with E-state index in [0.717, 1.165) is 36.2 Å². The predicted octanol–water partition coefficient (Wildman–Crippen LogP) is 1.85. The van der Waals surface area contributed by atoms with E-state index >= 15 is 4.39 Å². The third-order valence-corrected chi connectivity index (χ3v) is 7.28. The van der Waals surface area contributed by atoms with Crippen molar-refractivity contribution < 1.29 is 18.8 Å². The Balaban J connectivity index is 1.15. The number of nitrogens with zero attached hydrogens (tertiary/aromatic N) is 5. The van der Waals surface area contributed by atoms with Gasteiger partial charge in [0.1, 0.15) is 11.9 Å². The maximum absolute atomic E-state index is 15.2. The largest absolute Gasteiger partial charge is 0.367 e. The third-order valence-electron chi connectivity index (χ3n) is 7.28. The van der Waals surface area contributed by atoms with Gasteiger partial charge in [-0.05, 0) is 35.7 Å². The fourth-order valence-electron chi connectivity index (χ4n) is 5.39. The molecule has 3 aliphatic rings. The van der Waals surface area contributed by atoms with Gasteiger partial charge in [0.05, 0.1) is 16.7 Å². The summed E-state index contributed by atoms with van der Waals surface area (Å²) >= 11 is 0. The maximum Gasteiger partial charge on any atom is 0.255 e. The van der Waals surface area contributed by atoms with Crippen LogP contribution < -0.4 is 10.2 Å². The van der Waals surface area contributed by atoms with Crippen LogP contribution in [-0.4, -0.2) is 69.7 Å². The molecule has 6 rings (SSSR count). The first kappa shape index (κ1) is 22.5. The predicted molar refractivity (Wildman–Crippen MR) is 129 cm³/mol. The summed E-state index contributed by atoms with van der Waals surface area (Å²) in [5, 5.41) is 2.29. The van der Waals surface area contributed by atoms with Crippen molar-refractivity contribution in [1.82, 2.24) is 25.1 Å². The van der Waals surface area contributed by atoms with E-state index in [9.17, 15) is 14.4 Å². The van der Waals surface area contributed by atoms with Crippen LogP contribution in [0.4, 0.5) is 10.1 Å². The van der Waals surface area contributed by atoms with Crippen LogP contribution in [0.25, 0.3) is 11.0 Å². The molecule has 36 heavy (non-hydrogen) atoms. The van der Waals surface area contributed by atoms with Crippen molar-refractivity contribution in [3.8, 4) is 0 Å². The topological polar surface area (TPSA) is 98.7 Å². The average Bonchev–Trinajstić information content (AvgIpc) is 3.19. The van der Waals surface area contributed by atoms with Crippen LogP contribution in [0, 0.1) is 5.82 Å². The number of carbonyl (C=O) groups excluding carboxylic acids is 3. The van der Waals surface area contributed by atoms with Crippen LogP contribution in [-0.2, 0) is 22.7 Å². The van der Waals surface area contributed by atoms with Crippen LogP contribution in [0.2, 0.25) is 0 Å². The molecule has 0 bridgehead atoms. The number of benzene rings is 2. The van der Waals surface area contributed by atoms with Gasteiger partial charge in [-0.15, -0.1) is 0 Å². The van der Waals surface area contributed by atoms with Crippen LogP contribution in [0.5, 0.6) is 0 Å². The first-order chi connectivity index (χ1) is 17.5. The number of piperidine rings is 1. The fourth-order valence-corrected chi connectivity index (χ4v) is 5.39. The van der Waals surface area contributed by atoms with Crippen molar-refractivity contribution in [2.75, 3.05) is 31.1 Å². The zero-order valence-electron chi connectivity index (χ0n) is 19.6. The van der Waals surface area contributed by atoms with Crippen LogP contribution in [0.15, 0.2) is 42.7 Å². The van der Waals surface area contributed by atoms with E-state index in [1.54, 1.807) is 18.5 Å². The number of para-hydroxylation sites is 1. The van der Waals surface area contributed by atoms with E-state index < -0.39 is 17.8 Å². The minimum absolute atomic E-state index is 0.186. The molecule has 2 saturated heterocycles. The molecule has 3 aliphatic heterocycles. The van der Waals surface area contributed by atoms with Crippen molar-refractivity contribution in [1.29, 1.82) is 0 Å². The van der Waals surface area contributed by atoms with Crippen molar-refractivity contribution in [2.24, 2.45) is 0 Å². The number of fused-ring (bicyclic) bond motifs is 2. The Bertz CT molecular complexity index is 1380. The van der Waals surface area contributed by atoms with Crippen molar-refractivity contribution in [2.45, 2.75) is 32.0 Å². The summed E-state index contributed by atoms with van der Waals surface area (Å²) in [5.74, 6) is -1.61. The van der Waals surface area contributed by atoms with Crippen molar-refractivity contribution >= 4 is 34.4 Å². The first-order valence-corrected chi connectivity index (χ1v) is 12.1. The third kappa shape index (κ3) is 3.97. The van der Waals surface area contributed by atoms with Gasteiger partial charge in [0, 0.05) is 63.6 Å². The summed E-state index contributed by atoms with van der Waals surface area (Å²) in [7, 11) is 0. The number of rotatable bonds is 4. The Kier molecular flexibility index (Phi) is 5.60. The van der Waals surface area contributed by atoms with E-state index in [0.29, 0.717) is 24.3 Å². The summed E-state index contributed by atoms with van der Waals surface area (Å²) < 4.78 is 15.2. The molecule has 1 unspecified atom stereocenters.